The van der Waals surface area contributed by atoms with Gasteiger partial charge in [-0.3, -0.25) is 0 Å². The van der Waals surface area contributed by atoms with Crippen molar-refractivity contribution in [2.24, 2.45) is 0 Å². The van der Waals surface area contributed by atoms with E-state index < -0.39 is 8.56 Å². The van der Waals surface area contributed by atoms with Crippen LogP contribution in [0.15, 0.2) is 24.3 Å². The summed E-state index contributed by atoms with van der Waals surface area (Å²) in [7, 11) is -2.08. The van der Waals surface area contributed by atoms with Gasteiger partial charge < -0.3 is 8.85 Å². The van der Waals surface area contributed by atoms with E-state index in [1.807, 2.05) is 24.3 Å². The van der Waals surface area contributed by atoms with Crippen LogP contribution in [-0.2, 0) is 15.5 Å². The molecule has 0 aliphatic rings. The second-order valence-corrected chi connectivity index (χ2v) is 13.9. The summed E-state index contributed by atoms with van der Waals surface area (Å²) in [6.45, 7) is 8.20. The van der Waals surface area contributed by atoms with Gasteiger partial charge in [-0.05, 0) is 36.2 Å². The summed E-state index contributed by atoms with van der Waals surface area (Å²) >= 11 is 5.98. The summed E-state index contributed by atoms with van der Waals surface area (Å²) in [5.74, 6) is 0. The zero-order valence-electron chi connectivity index (χ0n) is 22.1. The molecule has 33 heavy (non-hydrogen) atoms. The van der Waals surface area contributed by atoms with E-state index in [0.29, 0.717) is 6.61 Å². The molecule has 0 saturated carbocycles. The van der Waals surface area contributed by atoms with E-state index in [2.05, 4.69) is 20.8 Å². The molecule has 0 saturated heterocycles. The summed E-state index contributed by atoms with van der Waals surface area (Å²) in [5, 5.41) is 0.771. The average molecular weight is 497 g/mol. The first-order valence-corrected chi connectivity index (χ1v) is 16.8. The summed E-state index contributed by atoms with van der Waals surface area (Å²) in [6, 6.07) is 9.97. The molecule has 1 aromatic rings. The van der Waals surface area contributed by atoms with E-state index in [0.717, 1.165) is 30.1 Å². The molecule has 0 spiro atoms. The highest BCUT2D eigenvalue weighted by Gasteiger charge is 2.33. The van der Waals surface area contributed by atoms with Gasteiger partial charge in [0.1, 0.15) is 0 Å². The number of hydrogen-bond donors (Lipinski definition) is 0. The van der Waals surface area contributed by atoms with Crippen molar-refractivity contribution in [3.63, 3.8) is 0 Å². The average Bonchev–Trinajstić information content (AvgIpc) is 2.84. The Balaban J connectivity index is 1.96. The molecular weight excluding hydrogens is 444 g/mol. The van der Waals surface area contributed by atoms with Crippen molar-refractivity contribution in [3.05, 3.63) is 34.9 Å². The fourth-order valence-electron chi connectivity index (χ4n) is 4.40. The second-order valence-electron chi connectivity index (χ2n) is 9.68. The minimum Gasteiger partial charge on any atom is -0.394 e. The number of hydrogen-bond acceptors (Lipinski definition) is 2. The first-order chi connectivity index (χ1) is 16.2. The van der Waals surface area contributed by atoms with Crippen LogP contribution in [0.5, 0.6) is 0 Å². The van der Waals surface area contributed by atoms with Gasteiger partial charge in [-0.15, -0.1) is 0 Å². The highest BCUT2D eigenvalue weighted by Crippen LogP contribution is 2.22. The van der Waals surface area contributed by atoms with Crippen molar-refractivity contribution < 1.29 is 8.85 Å². The molecule has 0 aromatic heterocycles. The molecule has 0 aliphatic carbocycles. The normalized spacial score (nSPS) is 11.9. The van der Waals surface area contributed by atoms with Crippen molar-refractivity contribution in [2.45, 2.75) is 142 Å². The second kappa shape index (κ2) is 21.0. The zero-order valence-corrected chi connectivity index (χ0v) is 23.9. The van der Waals surface area contributed by atoms with Crippen molar-refractivity contribution >= 4 is 20.2 Å². The van der Waals surface area contributed by atoms with Crippen LogP contribution in [0.25, 0.3) is 0 Å². The van der Waals surface area contributed by atoms with E-state index >= 15 is 0 Å². The molecule has 0 heterocycles. The molecule has 0 unspecified atom stereocenters. The van der Waals surface area contributed by atoms with E-state index in [1.54, 1.807) is 0 Å². The lowest BCUT2D eigenvalue weighted by molar-refractivity contribution is 0.158. The third-order valence-corrected chi connectivity index (χ3v) is 10.7. The van der Waals surface area contributed by atoms with Gasteiger partial charge in [-0.25, -0.2) is 0 Å². The summed E-state index contributed by atoms with van der Waals surface area (Å²) in [5.41, 5.74) is 1.17. The molecule has 1 aromatic carbocycles. The van der Waals surface area contributed by atoms with Gasteiger partial charge in [0, 0.05) is 11.6 Å². The van der Waals surface area contributed by atoms with Crippen LogP contribution >= 0.6 is 11.6 Å². The van der Waals surface area contributed by atoms with Gasteiger partial charge in [-0.1, -0.05) is 141 Å². The van der Waals surface area contributed by atoms with Crippen LogP contribution in [0, 0.1) is 0 Å². The maximum absolute atomic E-state index is 6.38. The third-order valence-electron chi connectivity index (χ3n) is 6.86. The fraction of sp³-hybridized carbons (Fsp3) is 0.793. The molecule has 0 aliphatic heterocycles. The highest BCUT2D eigenvalue weighted by molar-refractivity contribution is 6.67. The van der Waals surface area contributed by atoms with Crippen LogP contribution in [0.4, 0.5) is 0 Å². The number of benzene rings is 1. The quantitative estimate of drug-likeness (QED) is 0.111. The van der Waals surface area contributed by atoms with Crippen LogP contribution in [0.2, 0.25) is 17.1 Å². The molecular formula is C29H53ClO2Si. The Morgan fingerprint density at radius 2 is 1.00 bits per heavy atom. The van der Waals surface area contributed by atoms with Crippen molar-refractivity contribution in [3.8, 4) is 0 Å². The summed E-state index contributed by atoms with van der Waals surface area (Å²) in [6.07, 6.45) is 22.4. The lowest BCUT2D eigenvalue weighted by Gasteiger charge is -2.29. The van der Waals surface area contributed by atoms with Gasteiger partial charge in [0.15, 0.2) is 0 Å². The van der Waals surface area contributed by atoms with Gasteiger partial charge in [-0.2, -0.15) is 0 Å². The van der Waals surface area contributed by atoms with Gasteiger partial charge in [0.05, 0.1) is 6.61 Å². The van der Waals surface area contributed by atoms with E-state index in [-0.39, 0.29) is 0 Å². The van der Waals surface area contributed by atoms with Crippen molar-refractivity contribution in [1.29, 1.82) is 0 Å². The molecule has 0 N–H and O–H groups in total. The Labute approximate surface area is 212 Å². The largest absolute Gasteiger partial charge is 0.394 e. The molecule has 0 radical (unpaired) electrons. The lowest BCUT2D eigenvalue weighted by Crippen LogP contribution is -2.40. The predicted molar refractivity (Wildman–Crippen MR) is 148 cm³/mol. The smallest absolute Gasteiger partial charge is 0.337 e. The minimum atomic E-state index is -2.08. The molecule has 0 amide bonds. The summed E-state index contributed by atoms with van der Waals surface area (Å²) in [4.78, 5) is 0. The monoisotopic (exact) mass is 496 g/mol. The van der Waals surface area contributed by atoms with Gasteiger partial charge in [0.25, 0.3) is 0 Å². The maximum atomic E-state index is 6.38. The minimum absolute atomic E-state index is 0.629. The Kier molecular flexibility index (Phi) is 19.5. The molecule has 192 valence electrons. The number of rotatable bonds is 23. The van der Waals surface area contributed by atoms with Crippen molar-refractivity contribution in [1.82, 2.24) is 0 Å². The fourth-order valence-corrected chi connectivity index (χ4v) is 6.88. The van der Waals surface area contributed by atoms with Gasteiger partial charge in [0.2, 0.25) is 0 Å². The highest BCUT2D eigenvalue weighted by atomic mass is 35.5. The Morgan fingerprint density at radius 3 is 1.42 bits per heavy atom. The third kappa shape index (κ3) is 16.0. The predicted octanol–water partition coefficient (Wildman–Crippen LogP) is 10.6. The van der Waals surface area contributed by atoms with Crippen LogP contribution < -0.4 is 0 Å². The molecule has 0 atom stereocenters. The standard InChI is InChI=1S/C29H53ClO2Si/c1-4-7-8-9-10-11-12-13-14-15-16-17-18-19-20-21-26-31-33(5-2,6-3)32-27-28-22-24-29(30)25-23-28/h22-25H,4-21,26-27H2,1-3H3. The van der Waals surface area contributed by atoms with E-state index in [4.69, 9.17) is 20.5 Å². The maximum Gasteiger partial charge on any atom is 0.337 e. The Bertz CT molecular complexity index is 545. The first-order valence-electron chi connectivity index (χ1n) is 14.2. The molecule has 1 rings (SSSR count). The van der Waals surface area contributed by atoms with E-state index in [9.17, 15) is 0 Å². The number of halogens is 1. The Hall–Kier alpha value is -0.353. The zero-order chi connectivity index (χ0) is 24.0. The van der Waals surface area contributed by atoms with Crippen LogP contribution in [0.1, 0.15) is 129 Å². The molecule has 0 fully saturated rings. The Morgan fingerprint density at radius 1 is 0.576 bits per heavy atom. The first kappa shape index (κ1) is 30.7. The molecule has 2 nitrogen and oxygen atoms in total. The van der Waals surface area contributed by atoms with Gasteiger partial charge >= 0.3 is 8.56 Å². The van der Waals surface area contributed by atoms with Crippen molar-refractivity contribution in [2.75, 3.05) is 6.61 Å². The summed E-state index contributed by atoms with van der Waals surface area (Å²) < 4.78 is 12.7. The number of unbranched alkanes of at least 4 members (excludes halogenated alkanes) is 15. The molecule has 4 heteroatoms. The van der Waals surface area contributed by atoms with Crippen LogP contribution in [-0.4, -0.2) is 15.2 Å². The van der Waals surface area contributed by atoms with Crippen LogP contribution in [0.3, 0.4) is 0 Å². The lowest BCUT2D eigenvalue weighted by atomic mass is 10.0. The SMILES string of the molecule is CCCCCCCCCCCCCCCCCCO[Si](CC)(CC)OCc1ccc(Cl)cc1. The topological polar surface area (TPSA) is 18.5 Å². The molecule has 0 bridgehead atoms. The van der Waals surface area contributed by atoms with E-state index in [1.165, 1.54) is 102 Å².